The lowest BCUT2D eigenvalue weighted by molar-refractivity contribution is -0.118. The van der Waals surface area contributed by atoms with Crippen LogP contribution in [0.2, 0.25) is 5.02 Å². The molecule has 0 heterocycles. The van der Waals surface area contributed by atoms with Gasteiger partial charge in [-0.05, 0) is 29.7 Å². The minimum Gasteiger partial charge on any atom is -0.483 e. The number of amides is 1. The van der Waals surface area contributed by atoms with Crippen LogP contribution in [0.4, 0.5) is 5.69 Å². The van der Waals surface area contributed by atoms with Gasteiger partial charge in [-0.1, -0.05) is 48.0 Å². The Morgan fingerprint density at radius 3 is 2.71 bits per heavy atom. The summed E-state index contributed by atoms with van der Waals surface area (Å²) in [6.45, 7) is -0.119. The Hall–Kier alpha value is -3.03. The van der Waals surface area contributed by atoms with Crippen LogP contribution in [0.5, 0.6) is 5.75 Å². The topological polar surface area (TPSA) is 62.1 Å². The lowest BCUT2D eigenvalue weighted by Gasteiger charge is -2.10. The molecule has 3 aromatic carbocycles. The minimum absolute atomic E-state index is 0.119. The van der Waals surface area contributed by atoms with Crippen LogP contribution in [-0.2, 0) is 4.79 Å². The molecule has 0 aliphatic carbocycles. The largest absolute Gasteiger partial charge is 0.483 e. The highest BCUT2D eigenvalue weighted by Gasteiger charge is 2.08. The van der Waals surface area contributed by atoms with E-state index >= 15 is 0 Å². The second-order valence-corrected chi connectivity index (χ2v) is 5.53. The molecule has 0 saturated carbocycles. The summed E-state index contributed by atoms with van der Waals surface area (Å²) in [5, 5.41) is 13.8. The molecular formula is C19H13ClN2O2. The number of hydrogen-bond donors (Lipinski definition) is 1. The standard InChI is InChI=1S/C19H13ClN2O2/c20-17-10-15(9-8-14(17)11-21)22-19(23)12-24-18-7-3-5-13-4-1-2-6-16(13)18/h1-10H,12H2,(H,22,23). The summed E-state index contributed by atoms with van der Waals surface area (Å²) >= 11 is 5.95. The van der Waals surface area contributed by atoms with Gasteiger partial charge in [-0.2, -0.15) is 5.26 Å². The van der Waals surface area contributed by atoms with E-state index in [1.165, 1.54) is 6.07 Å². The maximum Gasteiger partial charge on any atom is 0.262 e. The first-order valence-corrected chi connectivity index (χ1v) is 7.65. The predicted octanol–water partition coefficient (Wildman–Crippen LogP) is 4.38. The highest BCUT2D eigenvalue weighted by atomic mass is 35.5. The summed E-state index contributed by atoms with van der Waals surface area (Å²) in [6.07, 6.45) is 0. The van der Waals surface area contributed by atoms with Crippen molar-refractivity contribution in [2.24, 2.45) is 0 Å². The Labute approximate surface area is 144 Å². The summed E-state index contributed by atoms with van der Waals surface area (Å²) in [5.74, 6) is 0.352. The molecule has 0 aromatic heterocycles. The zero-order chi connectivity index (χ0) is 16.9. The quantitative estimate of drug-likeness (QED) is 0.769. The van der Waals surface area contributed by atoms with Crippen LogP contribution in [-0.4, -0.2) is 12.5 Å². The molecule has 0 bridgehead atoms. The highest BCUT2D eigenvalue weighted by molar-refractivity contribution is 6.32. The molecule has 0 fully saturated rings. The lowest BCUT2D eigenvalue weighted by Crippen LogP contribution is -2.20. The molecule has 0 aliphatic rings. The molecule has 0 spiro atoms. The molecule has 1 N–H and O–H groups in total. The van der Waals surface area contributed by atoms with Crippen molar-refractivity contribution in [1.82, 2.24) is 0 Å². The minimum atomic E-state index is -0.302. The van der Waals surface area contributed by atoms with Crippen molar-refractivity contribution in [3.63, 3.8) is 0 Å². The molecule has 0 atom stereocenters. The number of nitriles is 1. The highest BCUT2D eigenvalue weighted by Crippen LogP contribution is 2.25. The number of anilines is 1. The summed E-state index contributed by atoms with van der Waals surface area (Å²) in [6, 6.07) is 20.2. The van der Waals surface area contributed by atoms with Crippen molar-refractivity contribution >= 4 is 34.0 Å². The van der Waals surface area contributed by atoms with Crippen molar-refractivity contribution in [2.75, 3.05) is 11.9 Å². The number of nitrogens with zero attached hydrogens (tertiary/aromatic N) is 1. The van der Waals surface area contributed by atoms with Gasteiger partial charge < -0.3 is 10.1 Å². The Bertz CT molecular complexity index is 942. The van der Waals surface area contributed by atoms with Crippen molar-refractivity contribution in [3.05, 3.63) is 71.2 Å². The van der Waals surface area contributed by atoms with Gasteiger partial charge in [-0.3, -0.25) is 4.79 Å². The van der Waals surface area contributed by atoms with E-state index < -0.39 is 0 Å². The third-order valence-corrected chi connectivity index (χ3v) is 3.79. The van der Waals surface area contributed by atoms with E-state index in [9.17, 15) is 4.79 Å². The summed E-state index contributed by atoms with van der Waals surface area (Å²) in [7, 11) is 0. The fraction of sp³-hybridized carbons (Fsp3) is 0.0526. The van der Waals surface area contributed by atoms with Crippen molar-refractivity contribution < 1.29 is 9.53 Å². The lowest BCUT2D eigenvalue weighted by atomic mass is 10.1. The third kappa shape index (κ3) is 3.48. The Morgan fingerprint density at radius 1 is 1.12 bits per heavy atom. The van der Waals surface area contributed by atoms with Gasteiger partial charge in [0, 0.05) is 11.1 Å². The molecule has 3 rings (SSSR count). The van der Waals surface area contributed by atoms with E-state index in [0.29, 0.717) is 22.0 Å². The first-order chi connectivity index (χ1) is 11.7. The van der Waals surface area contributed by atoms with Crippen LogP contribution in [0.25, 0.3) is 10.8 Å². The van der Waals surface area contributed by atoms with E-state index in [0.717, 1.165) is 10.8 Å². The smallest absolute Gasteiger partial charge is 0.262 e. The van der Waals surface area contributed by atoms with Gasteiger partial charge in [0.2, 0.25) is 0 Å². The Balaban J connectivity index is 1.67. The fourth-order valence-electron chi connectivity index (χ4n) is 2.35. The number of carbonyl (C=O) groups is 1. The normalized spacial score (nSPS) is 10.2. The molecule has 24 heavy (non-hydrogen) atoms. The third-order valence-electron chi connectivity index (χ3n) is 3.48. The van der Waals surface area contributed by atoms with Gasteiger partial charge >= 0.3 is 0 Å². The monoisotopic (exact) mass is 336 g/mol. The summed E-state index contributed by atoms with van der Waals surface area (Å²) in [5.41, 5.74) is 0.882. The zero-order valence-corrected chi connectivity index (χ0v) is 13.4. The number of halogens is 1. The maximum absolute atomic E-state index is 12.0. The van der Waals surface area contributed by atoms with Crippen LogP contribution < -0.4 is 10.1 Å². The summed E-state index contributed by atoms with van der Waals surface area (Å²) < 4.78 is 5.63. The van der Waals surface area contributed by atoms with Crippen molar-refractivity contribution in [2.45, 2.75) is 0 Å². The number of carbonyl (C=O) groups excluding carboxylic acids is 1. The molecule has 0 aliphatic heterocycles. The molecular weight excluding hydrogens is 324 g/mol. The first kappa shape index (κ1) is 15.9. The first-order valence-electron chi connectivity index (χ1n) is 7.27. The van der Waals surface area contributed by atoms with E-state index in [1.807, 2.05) is 48.5 Å². The number of fused-ring (bicyclic) bond motifs is 1. The SMILES string of the molecule is N#Cc1ccc(NC(=O)COc2cccc3ccccc23)cc1Cl. The van der Waals surface area contributed by atoms with Crippen LogP contribution in [0.1, 0.15) is 5.56 Å². The number of ether oxygens (including phenoxy) is 1. The second kappa shape index (κ2) is 7.03. The zero-order valence-electron chi connectivity index (χ0n) is 12.6. The van der Waals surface area contributed by atoms with E-state index in [4.69, 9.17) is 21.6 Å². The fourth-order valence-corrected chi connectivity index (χ4v) is 2.57. The van der Waals surface area contributed by atoms with Crippen LogP contribution in [0.15, 0.2) is 60.7 Å². The number of rotatable bonds is 4. The number of nitrogens with one attached hydrogen (secondary N) is 1. The van der Waals surface area contributed by atoms with Gasteiger partial charge in [0.05, 0.1) is 10.6 Å². The second-order valence-electron chi connectivity index (χ2n) is 5.12. The van der Waals surface area contributed by atoms with Crippen LogP contribution in [0.3, 0.4) is 0 Å². The summed E-state index contributed by atoms with van der Waals surface area (Å²) in [4.78, 5) is 12.0. The maximum atomic E-state index is 12.0. The molecule has 0 saturated heterocycles. The predicted molar refractivity (Wildman–Crippen MR) is 94.2 cm³/mol. The van der Waals surface area contributed by atoms with E-state index in [-0.39, 0.29) is 12.5 Å². The Morgan fingerprint density at radius 2 is 1.92 bits per heavy atom. The van der Waals surface area contributed by atoms with Crippen LogP contribution >= 0.6 is 11.6 Å². The molecule has 4 nitrogen and oxygen atoms in total. The molecule has 0 radical (unpaired) electrons. The molecule has 5 heteroatoms. The van der Waals surface area contributed by atoms with Gasteiger partial charge in [0.1, 0.15) is 11.8 Å². The molecule has 3 aromatic rings. The average molecular weight is 337 g/mol. The van der Waals surface area contributed by atoms with Gasteiger partial charge in [-0.15, -0.1) is 0 Å². The van der Waals surface area contributed by atoms with Gasteiger partial charge in [-0.25, -0.2) is 0 Å². The van der Waals surface area contributed by atoms with E-state index in [2.05, 4.69) is 5.32 Å². The Kier molecular flexibility index (Phi) is 4.64. The van der Waals surface area contributed by atoms with Crippen molar-refractivity contribution in [1.29, 1.82) is 5.26 Å². The molecule has 1 amide bonds. The average Bonchev–Trinajstić information content (AvgIpc) is 2.60. The van der Waals surface area contributed by atoms with Gasteiger partial charge in [0.25, 0.3) is 5.91 Å². The number of hydrogen-bond acceptors (Lipinski definition) is 3. The molecule has 0 unspecified atom stereocenters. The molecule has 118 valence electrons. The van der Waals surface area contributed by atoms with Gasteiger partial charge in [0.15, 0.2) is 6.61 Å². The van der Waals surface area contributed by atoms with E-state index in [1.54, 1.807) is 12.1 Å². The van der Waals surface area contributed by atoms with Crippen LogP contribution in [0, 0.1) is 11.3 Å². The number of benzene rings is 3. The van der Waals surface area contributed by atoms with Crippen molar-refractivity contribution in [3.8, 4) is 11.8 Å².